The molecule has 4 nitrogen and oxygen atoms in total. The lowest BCUT2D eigenvalue weighted by Gasteiger charge is -2.34. The number of nitrogens with zero attached hydrogens (tertiary/aromatic N) is 1. The highest BCUT2D eigenvalue weighted by Crippen LogP contribution is 2.14. The number of amides is 1. The van der Waals surface area contributed by atoms with Crippen molar-refractivity contribution in [3.8, 4) is 0 Å². The zero-order chi connectivity index (χ0) is 15.2. The van der Waals surface area contributed by atoms with Crippen LogP contribution in [-0.4, -0.2) is 48.6 Å². The van der Waals surface area contributed by atoms with Crippen LogP contribution in [0, 0.1) is 5.92 Å². The molecule has 4 heteroatoms. The molecule has 0 aromatic rings. The van der Waals surface area contributed by atoms with Crippen LogP contribution in [0.2, 0.25) is 0 Å². The molecule has 1 rings (SSSR count). The Hall–Kier alpha value is -0.610. The van der Waals surface area contributed by atoms with E-state index in [0.717, 1.165) is 32.6 Å². The lowest BCUT2D eigenvalue weighted by atomic mass is 9.98. The molecule has 1 heterocycles. The van der Waals surface area contributed by atoms with Gasteiger partial charge in [0.05, 0.1) is 6.04 Å². The number of nitrogens with one attached hydrogen (secondary N) is 2. The van der Waals surface area contributed by atoms with Gasteiger partial charge in [-0.25, -0.2) is 0 Å². The quantitative estimate of drug-likeness (QED) is 0.784. The van der Waals surface area contributed by atoms with Crippen molar-refractivity contribution >= 4 is 5.91 Å². The Labute approximate surface area is 124 Å². The Morgan fingerprint density at radius 3 is 2.65 bits per heavy atom. The monoisotopic (exact) mass is 283 g/mol. The molecule has 0 bridgehead atoms. The van der Waals surface area contributed by atoms with E-state index in [2.05, 4.69) is 22.5 Å². The molecule has 1 fully saturated rings. The number of rotatable bonds is 6. The number of hydrogen-bond donors (Lipinski definition) is 2. The van der Waals surface area contributed by atoms with Gasteiger partial charge in [-0.05, 0) is 72.5 Å². The fourth-order valence-corrected chi connectivity index (χ4v) is 2.78. The maximum atomic E-state index is 12.3. The highest BCUT2D eigenvalue weighted by molar-refractivity contribution is 5.81. The first-order chi connectivity index (χ1) is 9.33. The van der Waals surface area contributed by atoms with Crippen LogP contribution in [0.3, 0.4) is 0 Å². The molecule has 0 aromatic carbocycles. The van der Waals surface area contributed by atoms with Crippen LogP contribution >= 0.6 is 0 Å². The number of carbonyl (C=O) groups excluding carboxylic acids is 1. The predicted octanol–water partition coefficient (Wildman–Crippen LogP) is 2.00. The zero-order valence-corrected chi connectivity index (χ0v) is 14.0. The lowest BCUT2D eigenvalue weighted by Crippen LogP contribution is -2.52. The average molecular weight is 283 g/mol. The van der Waals surface area contributed by atoms with Gasteiger partial charge in [0, 0.05) is 12.1 Å². The molecule has 2 unspecified atom stereocenters. The molecule has 1 aliphatic heterocycles. The predicted molar refractivity (Wildman–Crippen MR) is 84.8 cm³/mol. The van der Waals surface area contributed by atoms with Crippen LogP contribution < -0.4 is 10.6 Å². The largest absolute Gasteiger partial charge is 0.350 e. The second-order valence-electron chi connectivity index (χ2n) is 7.12. The van der Waals surface area contributed by atoms with Crippen molar-refractivity contribution in [1.82, 2.24) is 15.5 Å². The van der Waals surface area contributed by atoms with Crippen molar-refractivity contribution < 1.29 is 4.79 Å². The number of hydrogen-bond acceptors (Lipinski definition) is 3. The highest BCUT2D eigenvalue weighted by Gasteiger charge is 2.26. The van der Waals surface area contributed by atoms with Crippen LogP contribution in [0.4, 0.5) is 0 Å². The molecule has 20 heavy (non-hydrogen) atoms. The van der Waals surface area contributed by atoms with Gasteiger partial charge in [-0.15, -0.1) is 0 Å². The second kappa shape index (κ2) is 7.99. The van der Waals surface area contributed by atoms with E-state index in [0.29, 0.717) is 5.92 Å². The highest BCUT2D eigenvalue weighted by atomic mass is 16.2. The van der Waals surface area contributed by atoms with Gasteiger partial charge in [-0.2, -0.15) is 0 Å². The minimum atomic E-state index is -0.157. The van der Waals surface area contributed by atoms with Crippen molar-refractivity contribution in [3.05, 3.63) is 0 Å². The molecule has 1 amide bonds. The molecule has 0 aliphatic carbocycles. The minimum Gasteiger partial charge on any atom is -0.350 e. The first-order valence-corrected chi connectivity index (χ1v) is 8.10. The Balaban J connectivity index is 2.56. The van der Waals surface area contributed by atoms with Gasteiger partial charge in [0.25, 0.3) is 0 Å². The summed E-state index contributed by atoms with van der Waals surface area (Å²) in [6.45, 7) is 14.6. The summed E-state index contributed by atoms with van der Waals surface area (Å²) >= 11 is 0. The standard InChI is InChI=1S/C16H33N3O/c1-6-10-19(12-14-8-7-9-17-11-14)13(2)15(20)18-16(3,4)5/h13-14,17H,6-12H2,1-5H3,(H,18,20). The van der Waals surface area contributed by atoms with Gasteiger partial charge in [-0.3, -0.25) is 9.69 Å². The SMILES string of the molecule is CCCN(CC1CCCNC1)C(C)C(=O)NC(C)(C)C. The van der Waals surface area contributed by atoms with Crippen LogP contribution in [0.25, 0.3) is 0 Å². The van der Waals surface area contributed by atoms with E-state index >= 15 is 0 Å². The normalized spacial score (nSPS) is 21.8. The average Bonchev–Trinajstić information content (AvgIpc) is 2.36. The smallest absolute Gasteiger partial charge is 0.237 e. The molecule has 2 atom stereocenters. The zero-order valence-electron chi connectivity index (χ0n) is 14.0. The van der Waals surface area contributed by atoms with E-state index in [9.17, 15) is 4.79 Å². The summed E-state index contributed by atoms with van der Waals surface area (Å²) in [4.78, 5) is 14.7. The van der Waals surface area contributed by atoms with E-state index in [1.165, 1.54) is 12.8 Å². The van der Waals surface area contributed by atoms with Crippen molar-refractivity contribution in [2.45, 2.75) is 65.5 Å². The molecule has 0 radical (unpaired) electrons. The summed E-state index contributed by atoms with van der Waals surface area (Å²) in [5, 5.41) is 6.56. The lowest BCUT2D eigenvalue weighted by molar-refractivity contribution is -0.127. The Bertz CT molecular complexity index is 293. The third-order valence-electron chi connectivity index (χ3n) is 3.83. The van der Waals surface area contributed by atoms with E-state index in [1.807, 2.05) is 27.7 Å². The van der Waals surface area contributed by atoms with E-state index in [1.54, 1.807) is 0 Å². The van der Waals surface area contributed by atoms with Crippen molar-refractivity contribution in [1.29, 1.82) is 0 Å². The number of carbonyl (C=O) groups is 1. The fraction of sp³-hybridized carbons (Fsp3) is 0.938. The van der Waals surface area contributed by atoms with Gasteiger partial charge in [0.1, 0.15) is 0 Å². The molecule has 0 saturated carbocycles. The first-order valence-electron chi connectivity index (χ1n) is 8.10. The Morgan fingerprint density at radius 1 is 1.45 bits per heavy atom. The summed E-state index contributed by atoms with van der Waals surface area (Å²) in [6, 6.07) is -0.0453. The van der Waals surface area contributed by atoms with Crippen LogP contribution in [0.5, 0.6) is 0 Å². The van der Waals surface area contributed by atoms with Crippen molar-refractivity contribution in [3.63, 3.8) is 0 Å². The molecule has 2 N–H and O–H groups in total. The van der Waals surface area contributed by atoms with E-state index in [-0.39, 0.29) is 17.5 Å². The Kier molecular flexibility index (Phi) is 6.96. The summed E-state index contributed by atoms with van der Waals surface area (Å²) in [5.41, 5.74) is -0.157. The van der Waals surface area contributed by atoms with Crippen LogP contribution in [-0.2, 0) is 4.79 Å². The molecule has 0 spiro atoms. The summed E-state index contributed by atoms with van der Waals surface area (Å²) in [7, 11) is 0. The molecule has 1 saturated heterocycles. The fourth-order valence-electron chi connectivity index (χ4n) is 2.78. The molecular formula is C16H33N3O. The first kappa shape index (κ1) is 17.4. The summed E-state index contributed by atoms with van der Waals surface area (Å²) < 4.78 is 0. The molecular weight excluding hydrogens is 250 g/mol. The van der Waals surface area contributed by atoms with Gasteiger partial charge in [0.15, 0.2) is 0 Å². The van der Waals surface area contributed by atoms with E-state index < -0.39 is 0 Å². The maximum Gasteiger partial charge on any atom is 0.237 e. The number of piperidine rings is 1. The minimum absolute atomic E-state index is 0.0453. The van der Waals surface area contributed by atoms with Crippen molar-refractivity contribution in [2.75, 3.05) is 26.2 Å². The van der Waals surface area contributed by atoms with Gasteiger partial charge in [0.2, 0.25) is 5.91 Å². The van der Waals surface area contributed by atoms with Crippen molar-refractivity contribution in [2.24, 2.45) is 5.92 Å². The Morgan fingerprint density at radius 2 is 2.15 bits per heavy atom. The third-order valence-corrected chi connectivity index (χ3v) is 3.83. The van der Waals surface area contributed by atoms with Gasteiger partial charge >= 0.3 is 0 Å². The van der Waals surface area contributed by atoms with E-state index in [4.69, 9.17) is 0 Å². The maximum absolute atomic E-state index is 12.3. The van der Waals surface area contributed by atoms with Crippen LogP contribution in [0.1, 0.15) is 53.9 Å². The van der Waals surface area contributed by atoms with Crippen LogP contribution in [0.15, 0.2) is 0 Å². The molecule has 0 aromatic heterocycles. The molecule has 1 aliphatic rings. The molecule has 118 valence electrons. The van der Waals surface area contributed by atoms with Gasteiger partial charge in [-0.1, -0.05) is 6.92 Å². The second-order valence-corrected chi connectivity index (χ2v) is 7.12. The summed E-state index contributed by atoms with van der Waals surface area (Å²) in [5.74, 6) is 0.829. The third kappa shape index (κ3) is 6.23. The topological polar surface area (TPSA) is 44.4 Å². The van der Waals surface area contributed by atoms with Gasteiger partial charge < -0.3 is 10.6 Å². The summed E-state index contributed by atoms with van der Waals surface area (Å²) in [6.07, 6.45) is 3.63.